The van der Waals surface area contributed by atoms with Crippen molar-refractivity contribution in [2.24, 2.45) is 22.8 Å². The highest BCUT2D eigenvalue weighted by molar-refractivity contribution is 7.80. The summed E-state index contributed by atoms with van der Waals surface area (Å²) in [7, 11) is 0. The third-order valence-electron chi connectivity index (χ3n) is 4.02. The zero-order valence-electron chi connectivity index (χ0n) is 10.4. The van der Waals surface area contributed by atoms with Gasteiger partial charge < -0.3 is 16.4 Å². The minimum Gasteiger partial charge on any atom is -0.392 e. The highest BCUT2D eigenvalue weighted by atomic mass is 32.1. The van der Waals surface area contributed by atoms with Crippen molar-refractivity contribution in [2.75, 3.05) is 13.1 Å². The van der Waals surface area contributed by atoms with Gasteiger partial charge in [-0.2, -0.15) is 0 Å². The Morgan fingerprint density at radius 2 is 1.78 bits per heavy atom. The molecule has 1 saturated carbocycles. The number of likely N-dealkylation sites (tertiary alicyclic amines) is 1. The number of hydrogen-bond donors (Lipinski definition) is 2. The van der Waals surface area contributed by atoms with Crippen LogP contribution in [0.15, 0.2) is 0 Å². The molecule has 18 heavy (non-hydrogen) atoms. The summed E-state index contributed by atoms with van der Waals surface area (Å²) in [6.45, 7) is 1.36. The van der Waals surface area contributed by atoms with Gasteiger partial charge in [-0.05, 0) is 31.6 Å². The molecule has 0 aromatic carbocycles. The summed E-state index contributed by atoms with van der Waals surface area (Å²) >= 11 is 4.99. The first-order valence-electron chi connectivity index (χ1n) is 6.33. The Hall–Kier alpha value is -1.17. The Morgan fingerprint density at radius 1 is 1.22 bits per heavy atom. The number of nitrogens with two attached hydrogens (primary N) is 2. The van der Waals surface area contributed by atoms with E-state index in [0.717, 1.165) is 25.7 Å². The lowest BCUT2D eigenvalue weighted by Crippen LogP contribution is -2.46. The molecule has 4 N–H and O–H groups in total. The predicted octanol–water partition coefficient (Wildman–Crippen LogP) is 0.167. The van der Waals surface area contributed by atoms with Gasteiger partial charge in [0.15, 0.2) is 0 Å². The lowest BCUT2D eigenvalue weighted by molar-refractivity contribution is -0.136. The molecule has 5 nitrogen and oxygen atoms in total. The number of amides is 2. The molecule has 1 aliphatic carbocycles. The Kier molecular flexibility index (Phi) is 3.56. The smallest absolute Gasteiger partial charge is 0.235 e. The lowest BCUT2D eigenvalue weighted by atomic mass is 9.92. The van der Waals surface area contributed by atoms with Crippen LogP contribution in [0.5, 0.6) is 0 Å². The number of carbonyl (C=O) groups excluding carboxylic acids is 2. The summed E-state index contributed by atoms with van der Waals surface area (Å²) in [6, 6.07) is 0. The van der Waals surface area contributed by atoms with Gasteiger partial charge in [-0.25, -0.2) is 0 Å². The van der Waals surface area contributed by atoms with Gasteiger partial charge in [0.2, 0.25) is 11.8 Å². The van der Waals surface area contributed by atoms with E-state index in [9.17, 15) is 9.59 Å². The lowest BCUT2D eigenvalue weighted by Gasteiger charge is -2.33. The number of carbonyl (C=O) groups is 2. The molecule has 100 valence electrons. The molecule has 0 bridgehead atoms. The van der Waals surface area contributed by atoms with E-state index < -0.39 is 5.41 Å². The van der Waals surface area contributed by atoms with Crippen molar-refractivity contribution in [3.8, 4) is 0 Å². The first-order chi connectivity index (χ1) is 8.45. The van der Waals surface area contributed by atoms with Crippen LogP contribution in [0, 0.1) is 11.3 Å². The standard InChI is InChI=1S/C12H19N3O2S/c13-9(16)7-8-1-5-15(6-2-8)11(17)12(3-4-12)10(14)18/h8H,1-7H2,(H2,13,16)(H2,14,18). The molecule has 6 heteroatoms. The van der Waals surface area contributed by atoms with Crippen LogP contribution in [0.1, 0.15) is 32.1 Å². The highest BCUT2D eigenvalue weighted by Crippen LogP contribution is 2.48. The van der Waals surface area contributed by atoms with Crippen LogP contribution < -0.4 is 11.5 Å². The van der Waals surface area contributed by atoms with E-state index in [2.05, 4.69) is 0 Å². The zero-order chi connectivity index (χ0) is 13.3. The van der Waals surface area contributed by atoms with Gasteiger partial charge in [0, 0.05) is 19.5 Å². The average Bonchev–Trinajstić information content (AvgIpc) is 3.09. The van der Waals surface area contributed by atoms with Crippen LogP contribution in [0.4, 0.5) is 0 Å². The summed E-state index contributed by atoms with van der Waals surface area (Å²) in [5, 5.41) is 0. The van der Waals surface area contributed by atoms with Crippen LogP contribution in [0.3, 0.4) is 0 Å². The number of rotatable bonds is 4. The second-order valence-corrected chi connectivity index (χ2v) is 5.79. The minimum atomic E-state index is -0.550. The van der Waals surface area contributed by atoms with Crippen LogP contribution in [0.25, 0.3) is 0 Å². The number of primary amides is 1. The largest absolute Gasteiger partial charge is 0.392 e. The summed E-state index contributed by atoms with van der Waals surface area (Å²) in [5.74, 6) is 0.126. The SMILES string of the molecule is NC(=O)CC1CCN(C(=O)C2(C(N)=S)CC2)CC1. The van der Waals surface area contributed by atoms with Gasteiger partial charge in [0.1, 0.15) is 0 Å². The first kappa shape index (κ1) is 13.3. The fraction of sp³-hybridized carbons (Fsp3) is 0.750. The molecule has 0 radical (unpaired) electrons. The highest BCUT2D eigenvalue weighted by Gasteiger charge is 2.54. The predicted molar refractivity (Wildman–Crippen MR) is 71.6 cm³/mol. The number of thiocarbonyl (C=S) groups is 1. The zero-order valence-corrected chi connectivity index (χ0v) is 11.2. The van der Waals surface area contributed by atoms with Crippen molar-refractivity contribution < 1.29 is 9.59 Å². The molecular weight excluding hydrogens is 250 g/mol. The van der Waals surface area contributed by atoms with E-state index in [1.807, 2.05) is 4.90 Å². The summed E-state index contributed by atoms with van der Waals surface area (Å²) in [5.41, 5.74) is 10.3. The Labute approximate surface area is 112 Å². The molecule has 0 spiro atoms. The molecule has 2 amide bonds. The van der Waals surface area contributed by atoms with Crippen molar-refractivity contribution in [1.82, 2.24) is 4.90 Å². The topological polar surface area (TPSA) is 89.4 Å². The third-order valence-corrected chi connectivity index (χ3v) is 4.41. The van der Waals surface area contributed by atoms with Gasteiger partial charge >= 0.3 is 0 Å². The quantitative estimate of drug-likeness (QED) is 0.712. The average molecular weight is 269 g/mol. The van der Waals surface area contributed by atoms with E-state index >= 15 is 0 Å². The van der Waals surface area contributed by atoms with Crippen molar-refractivity contribution in [1.29, 1.82) is 0 Å². The molecular formula is C12H19N3O2S. The maximum absolute atomic E-state index is 12.3. The molecule has 0 atom stereocenters. The second-order valence-electron chi connectivity index (χ2n) is 5.35. The molecule has 1 saturated heterocycles. The Bertz CT molecular complexity index is 385. The molecule has 2 rings (SSSR count). The van der Waals surface area contributed by atoms with Gasteiger partial charge in [-0.15, -0.1) is 0 Å². The van der Waals surface area contributed by atoms with E-state index in [1.165, 1.54) is 0 Å². The van der Waals surface area contributed by atoms with Crippen LogP contribution in [0.2, 0.25) is 0 Å². The minimum absolute atomic E-state index is 0.0764. The number of hydrogen-bond acceptors (Lipinski definition) is 3. The monoisotopic (exact) mass is 269 g/mol. The maximum Gasteiger partial charge on any atom is 0.235 e. The van der Waals surface area contributed by atoms with Gasteiger partial charge in [0.25, 0.3) is 0 Å². The van der Waals surface area contributed by atoms with Crippen LogP contribution in [-0.2, 0) is 9.59 Å². The van der Waals surface area contributed by atoms with Gasteiger partial charge in [-0.3, -0.25) is 9.59 Å². The van der Waals surface area contributed by atoms with Crippen molar-refractivity contribution in [3.63, 3.8) is 0 Å². The molecule has 0 unspecified atom stereocenters. The molecule has 2 aliphatic rings. The molecule has 0 aromatic rings. The van der Waals surface area contributed by atoms with Crippen molar-refractivity contribution >= 4 is 29.0 Å². The van der Waals surface area contributed by atoms with E-state index in [1.54, 1.807) is 0 Å². The summed E-state index contributed by atoms with van der Waals surface area (Å²) in [4.78, 5) is 25.3. The van der Waals surface area contributed by atoms with Crippen LogP contribution in [-0.4, -0.2) is 34.8 Å². The van der Waals surface area contributed by atoms with Crippen LogP contribution >= 0.6 is 12.2 Å². The third kappa shape index (κ3) is 2.48. The van der Waals surface area contributed by atoms with Crippen molar-refractivity contribution in [3.05, 3.63) is 0 Å². The normalized spacial score (nSPS) is 22.6. The Morgan fingerprint density at radius 3 is 2.17 bits per heavy atom. The number of piperidine rings is 1. The van der Waals surface area contributed by atoms with Gasteiger partial charge in [0.05, 0.1) is 10.4 Å². The number of nitrogens with zero attached hydrogens (tertiary/aromatic N) is 1. The second kappa shape index (κ2) is 4.84. The summed E-state index contributed by atoms with van der Waals surface area (Å²) < 4.78 is 0. The van der Waals surface area contributed by atoms with Crippen molar-refractivity contribution in [2.45, 2.75) is 32.1 Å². The summed E-state index contributed by atoms with van der Waals surface area (Å²) in [6.07, 6.45) is 3.65. The van der Waals surface area contributed by atoms with Gasteiger partial charge in [-0.1, -0.05) is 12.2 Å². The molecule has 1 heterocycles. The molecule has 1 aliphatic heterocycles. The Balaban J connectivity index is 1.88. The maximum atomic E-state index is 12.3. The van der Waals surface area contributed by atoms with E-state index in [0.29, 0.717) is 30.4 Å². The fourth-order valence-corrected chi connectivity index (χ4v) is 2.91. The van der Waals surface area contributed by atoms with E-state index in [4.69, 9.17) is 23.7 Å². The fourth-order valence-electron chi connectivity index (χ4n) is 2.62. The molecule has 0 aromatic heterocycles. The first-order valence-corrected chi connectivity index (χ1v) is 6.74. The van der Waals surface area contributed by atoms with E-state index in [-0.39, 0.29) is 11.8 Å². The molecule has 2 fully saturated rings.